The van der Waals surface area contributed by atoms with Crippen molar-refractivity contribution < 1.29 is 13.5 Å². The molecule has 0 aliphatic heterocycles. The van der Waals surface area contributed by atoms with E-state index >= 15 is 0 Å². The predicted molar refractivity (Wildman–Crippen MR) is 79.6 cm³/mol. The standard InChI is InChI=1S/C13H20BrNO3S/c1-10(2)15(7-4-8-16)19(17,18)12-5-6-13(14)11(3)9-12/h5-6,9-10,16H,4,7-8H2,1-3H3. The first-order valence-corrected chi connectivity index (χ1v) is 8.43. The van der Waals surface area contributed by atoms with Crippen LogP contribution in [0.5, 0.6) is 0 Å². The molecule has 0 aliphatic rings. The normalized spacial score (nSPS) is 12.4. The van der Waals surface area contributed by atoms with E-state index in [4.69, 9.17) is 5.11 Å². The second-order valence-electron chi connectivity index (χ2n) is 4.70. The maximum atomic E-state index is 12.6. The number of hydrogen-bond acceptors (Lipinski definition) is 3. The SMILES string of the molecule is Cc1cc(S(=O)(=O)N(CCCO)C(C)C)ccc1Br. The molecule has 19 heavy (non-hydrogen) atoms. The molecule has 0 unspecified atom stereocenters. The summed E-state index contributed by atoms with van der Waals surface area (Å²) in [6.07, 6.45) is 0.437. The van der Waals surface area contributed by atoms with Crippen molar-refractivity contribution in [1.29, 1.82) is 0 Å². The highest BCUT2D eigenvalue weighted by molar-refractivity contribution is 9.10. The molecule has 1 N–H and O–H groups in total. The summed E-state index contributed by atoms with van der Waals surface area (Å²) in [6, 6.07) is 4.86. The van der Waals surface area contributed by atoms with Crippen molar-refractivity contribution in [3.8, 4) is 0 Å². The topological polar surface area (TPSA) is 57.6 Å². The second-order valence-corrected chi connectivity index (χ2v) is 7.44. The lowest BCUT2D eigenvalue weighted by atomic mass is 10.2. The highest BCUT2D eigenvalue weighted by atomic mass is 79.9. The largest absolute Gasteiger partial charge is 0.396 e. The Bertz CT molecular complexity index is 529. The van der Waals surface area contributed by atoms with E-state index in [1.54, 1.807) is 18.2 Å². The summed E-state index contributed by atoms with van der Waals surface area (Å²) in [5.41, 5.74) is 0.881. The third-order valence-electron chi connectivity index (χ3n) is 2.85. The first-order valence-electron chi connectivity index (χ1n) is 6.19. The van der Waals surface area contributed by atoms with Crippen molar-refractivity contribution in [3.05, 3.63) is 28.2 Å². The highest BCUT2D eigenvalue weighted by Crippen LogP contribution is 2.23. The van der Waals surface area contributed by atoms with Crippen molar-refractivity contribution in [2.45, 2.75) is 38.1 Å². The molecule has 0 saturated heterocycles. The summed E-state index contributed by atoms with van der Waals surface area (Å²) >= 11 is 3.36. The van der Waals surface area contributed by atoms with Crippen LogP contribution in [0.2, 0.25) is 0 Å². The van der Waals surface area contributed by atoms with Crippen LogP contribution in [0.3, 0.4) is 0 Å². The maximum absolute atomic E-state index is 12.6. The van der Waals surface area contributed by atoms with E-state index in [0.29, 0.717) is 17.9 Å². The number of benzene rings is 1. The quantitative estimate of drug-likeness (QED) is 0.858. The summed E-state index contributed by atoms with van der Waals surface area (Å²) in [7, 11) is -3.51. The molecule has 0 spiro atoms. The molecule has 1 aromatic carbocycles. The summed E-state index contributed by atoms with van der Waals surface area (Å²) in [5, 5.41) is 8.89. The van der Waals surface area contributed by atoms with Gasteiger partial charge in [0.25, 0.3) is 0 Å². The molecule has 0 aromatic heterocycles. The minimum atomic E-state index is -3.51. The predicted octanol–water partition coefficient (Wildman–Crippen LogP) is 2.54. The van der Waals surface area contributed by atoms with Crippen LogP contribution in [0.15, 0.2) is 27.6 Å². The van der Waals surface area contributed by atoms with Gasteiger partial charge in [0, 0.05) is 23.7 Å². The number of sulfonamides is 1. The summed E-state index contributed by atoms with van der Waals surface area (Å²) in [4.78, 5) is 0.292. The fraction of sp³-hybridized carbons (Fsp3) is 0.538. The molecule has 0 fully saturated rings. The second kappa shape index (κ2) is 6.83. The van der Waals surface area contributed by atoms with Gasteiger partial charge in [0.2, 0.25) is 10.0 Å². The summed E-state index contributed by atoms with van der Waals surface area (Å²) in [6.45, 7) is 5.83. The van der Waals surface area contributed by atoms with Gasteiger partial charge >= 0.3 is 0 Å². The molecular formula is C13H20BrNO3S. The Hall–Kier alpha value is -0.430. The number of aliphatic hydroxyl groups is 1. The van der Waals surface area contributed by atoms with Gasteiger partial charge in [-0.3, -0.25) is 0 Å². The van der Waals surface area contributed by atoms with E-state index in [2.05, 4.69) is 15.9 Å². The Kier molecular flexibility index (Phi) is 5.98. The molecule has 0 radical (unpaired) electrons. The Morgan fingerprint density at radius 2 is 2.00 bits per heavy atom. The lowest BCUT2D eigenvalue weighted by Gasteiger charge is -2.25. The van der Waals surface area contributed by atoms with Gasteiger partial charge in [0.1, 0.15) is 0 Å². The van der Waals surface area contributed by atoms with Gasteiger partial charge in [0.05, 0.1) is 4.90 Å². The van der Waals surface area contributed by atoms with Crippen LogP contribution in [0.4, 0.5) is 0 Å². The van der Waals surface area contributed by atoms with E-state index in [-0.39, 0.29) is 12.6 Å². The van der Waals surface area contributed by atoms with Gasteiger partial charge in [-0.1, -0.05) is 15.9 Å². The molecule has 0 aliphatic carbocycles. The van der Waals surface area contributed by atoms with Gasteiger partial charge in [0.15, 0.2) is 0 Å². The molecule has 0 saturated carbocycles. The molecule has 0 amide bonds. The fourth-order valence-corrected chi connectivity index (χ4v) is 3.80. The van der Waals surface area contributed by atoms with Crippen LogP contribution in [0.1, 0.15) is 25.8 Å². The Morgan fingerprint density at radius 1 is 1.37 bits per heavy atom. The van der Waals surface area contributed by atoms with Crippen molar-refractivity contribution in [2.75, 3.05) is 13.2 Å². The van der Waals surface area contributed by atoms with Crippen LogP contribution in [0, 0.1) is 6.92 Å². The monoisotopic (exact) mass is 349 g/mol. The molecule has 1 rings (SSSR count). The van der Waals surface area contributed by atoms with E-state index in [0.717, 1.165) is 10.0 Å². The zero-order valence-corrected chi connectivity index (χ0v) is 13.8. The Balaban J connectivity index is 3.15. The van der Waals surface area contributed by atoms with Crippen LogP contribution < -0.4 is 0 Å². The lowest BCUT2D eigenvalue weighted by Crippen LogP contribution is -2.38. The van der Waals surface area contributed by atoms with Crippen LogP contribution in [-0.4, -0.2) is 37.0 Å². The average molecular weight is 350 g/mol. The van der Waals surface area contributed by atoms with Crippen molar-refractivity contribution in [1.82, 2.24) is 4.31 Å². The van der Waals surface area contributed by atoms with Crippen LogP contribution >= 0.6 is 15.9 Å². The number of aliphatic hydroxyl groups excluding tert-OH is 1. The van der Waals surface area contributed by atoms with Gasteiger partial charge in [-0.05, 0) is 51.0 Å². The number of nitrogens with zero attached hydrogens (tertiary/aromatic N) is 1. The zero-order chi connectivity index (χ0) is 14.6. The van der Waals surface area contributed by atoms with Gasteiger partial charge in [-0.25, -0.2) is 8.42 Å². The number of halogens is 1. The maximum Gasteiger partial charge on any atom is 0.243 e. The molecule has 4 nitrogen and oxygen atoms in total. The third-order valence-corrected chi connectivity index (χ3v) is 5.81. The molecule has 0 bridgehead atoms. The molecule has 0 atom stereocenters. The first-order chi connectivity index (χ1) is 8.80. The average Bonchev–Trinajstić information content (AvgIpc) is 2.32. The van der Waals surface area contributed by atoms with Crippen LogP contribution in [0.25, 0.3) is 0 Å². The molecule has 0 heterocycles. The highest BCUT2D eigenvalue weighted by Gasteiger charge is 2.26. The molecule has 1 aromatic rings. The van der Waals surface area contributed by atoms with E-state index in [1.807, 2.05) is 20.8 Å². The van der Waals surface area contributed by atoms with Crippen molar-refractivity contribution >= 4 is 26.0 Å². The number of rotatable bonds is 6. The molecule has 6 heteroatoms. The van der Waals surface area contributed by atoms with E-state index < -0.39 is 10.0 Å². The van der Waals surface area contributed by atoms with Crippen molar-refractivity contribution in [2.24, 2.45) is 0 Å². The number of hydrogen-bond donors (Lipinski definition) is 1. The van der Waals surface area contributed by atoms with E-state index in [9.17, 15) is 8.42 Å². The summed E-state index contributed by atoms with van der Waals surface area (Å²) in [5.74, 6) is 0. The van der Waals surface area contributed by atoms with Crippen molar-refractivity contribution in [3.63, 3.8) is 0 Å². The summed E-state index contributed by atoms with van der Waals surface area (Å²) < 4.78 is 27.5. The minimum absolute atomic E-state index is 0.0158. The smallest absolute Gasteiger partial charge is 0.243 e. The van der Waals surface area contributed by atoms with Gasteiger partial charge < -0.3 is 5.11 Å². The third kappa shape index (κ3) is 4.02. The van der Waals surface area contributed by atoms with Gasteiger partial charge in [-0.2, -0.15) is 4.31 Å². The fourth-order valence-electron chi connectivity index (χ4n) is 1.80. The number of aryl methyl sites for hydroxylation is 1. The van der Waals surface area contributed by atoms with E-state index in [1.165, 1.54) is 4.31 Å². The zero-order valence-electron chi connectivity index (χ0n) is 11.4. The molecular weight excluding hydrogens is 330 g/mol. The molecule has 108 valence electrons. The lowest BCUT2D eigenvalue weighted by molar-refractivity contribution is 0.258. The Labute approximate surface area is 123 Å². The van der Waals surface area contributed by atoms with Gasteiger partial charge in [-0.15, -0.1) is 0 Å². The van der Waals surface area contributed by atoms with Crippen LogP contribution in [-0.2, 0) is 10.0 Å². The Morgan fingerprint density at radius 3 is 2.47 bits per heavy atom. The minimum Gasteiger partial charge on any atom is -0.396 e. The first kappa shape index (κ1) is 16.6.